The van der Waals surface area contributed by atoms with Gasteiger partial charge in [0.1, 0.15) is 4.90 Å². The lowest BCUT2D eigenvalue weighted by atomic mass is 10.0. The maximum absolute atomic E-state index is 12.6. The molecule has 0 amide bonds. The minimum atomic E-state index is -3.54. The van der Waals surface area contributed by atoms with Gasteiger partial charge in [0.2, 0.25) is 10.0 Å². The van der Waals surface area contributed by atoms with Crippen LogP contribution in [0.15, 0.2) is 23.1 Å². The van der Waals surface area contributed by atoms with Gasteiger partial charge in [0, 0.05) is 13.1 Å². The van der Waals surface area contributed by atoms with Crippen molar-refractivity contribution in [3.05, 3.63) is 34.7 Å². The number of halogens is 2. The Kier molecular flexibility index (Phi) is 3.54. The van der Waals surface area contributed by atoms with Gasteiger partial charge in [-0.05, 0) is 43.2 Å². The van der Waals surface area contributed by atoms with Gasteiger partial charge in [-0.25, -0.2) is 8.42 Å². The summed E-state index contributed by atoms with van der Waals surface area (Å²) in [7, 11) is -3.54. The fourth-order valence-corrected chi connectivity index (χ4v) is 5.24. The summed E-state index contributed by atoms with van der Waals surface area (Å²) >= 11 is 11.9. The zero-order valence-electron chi connectivity index (χ0n) is 10.2. The van der Waals surface area contributed by atoms with Gasteiger partial charge < -0.3 is 0 Å². The van der Waals surface area contributed by atoms with Gasteiger partial charge in [-0.1, -0.05) is 29.3 Å². The Balaban J connectivity index is 1.93. The molecule has 1 aromatic carbocycles. The van der Waals surface area contributed by atoms with E-state index >= 15 is 0 Å². The molecule has 1 heterocycles. The molecule has 19 heavy (non-hydrogen) atoms. The van der Waals surface area contributed by atoms with Crippen LogP contribution in [-0.2, 0) is 10.0 Å². The van der Waals surface area contributed by atoms with Crippen molar-refractivity contribution in [1.29, 1.82) is 0 Å². The van der Waals surface area contributed by atoms with Gasteiger partial charge in [-0.15, -0.1) is 0 Å². The average Bonchev–Trinajstić information content (AvgIpc) is 2.92. The number of nitrogens with zero attached hydrogens (tertiary/aromatic N) is 1. The van der Waals surface area contributed by atoms with Gasteiger partial charge in [-0.2, -0.15) is 4.31 Å². The first-order valence-corrected chi connectivity index (χ1v) is 8.47. The predicted octanol–water partition coefficient (Wildman–Crippen LogP) is 3.23. The molecular weight excluding hydrogens is 305 g/mol. The van der Waals surface area contributed by atoms with Crippen molar-refractivity contribution in [3.63, 3.8) is 0 Å². The van der Waals surface area contributed by atoms with E-state index in [2.05, 4.69) is 6.42 Å². The number of rotatable bonds is 2. The van der Waals surface area contributed by atoms with Crippen LogP contribution in [-0.4, -0.2) is 25.8 Å². The third-order valence-electron chi connectivity index (χ3n) is 4.00. The van der Waals surface area contributed by atoms with E-state index in [4.69, 9.17) is 23.2 Å². The second-order valence-corrected chi connectivity index (χ2v) is 7.80. The summed E-state index contributed by atoms with van der Waals surface area (Å²) in [6.45, 7) is 1.15. The molecule has 1 aliphatic carbocycles. The highest BCUT2D eigenvalue weighted by molar-refractivity contribution is 7.89. The highest BCUT2D eigenvalue weighted by Crippen LogP contribution is 2.40. The van der Waals surface area contributed by atoms with Crippen LogP contribution >= 0.6 is 23.2 Å². The zero-order chi connectivity index (χ0) is 13.6. The van der Waals surface area contributed by atoms with E-state index in [1.165, 1.54) is 10.4 Å². The molecule has 2 fully saturated rings. The Bertz CT molecular complexity index is 591. The largest absolute Gasteiger partial charge is 0.244 e. The second kappa shape index (κ2) is 4.92. The smallest absolute Gasteiger partial charge is 0.207 e. The van der Waals surface area contributed by atoms with Crippen LogP contribution < -0.4 is 0 Å². The maximum atomic E-state index is 12.6. The number of hydrogen-bond acceptors (Lipinski definition) is 2. The average molecular weight is 319 g/mol. The lowest BCUT2D eigenvalue weighted by Crippen LogP contribution is -2.30. The number of hydrogen-bond donors (Lipinski definition) is 0. The summed E-state index contributed by atoms with van der Waals surface area (Å²) in [6, 6.07) is 4.72. The monoisotopic (exact) mass is 318 g/mol. The molecule has 0 spiro atoms. The fraction of sp³-hybridized carbons (Fsp3) is 0.462. The van der Waals surface area contributed by atoms with Crippen LogP contribution in [0.2, 0.25) is 10.0 Å². The van der Waals surface area contributed by atoms with Crippen molar-refractivity contribution in [3.8, 4) is 0 Å². The molecule has 1 saturated heterocycles. The van der Waals surface area contributed by atoms with Crippen molar-refractivity contribution in [2.75, 3.05) is 13.1 Å². The number of sulfonamides is 1. The summed E-state index contributed by atoms with van der Waals surface area (Å²) < 4.78 is 26.8. The molecule has 103 valence electrons. The highest BCUT2D eigenvalue weighted by atomic mass is 35.5. The van der Waals surface area contributed by atoms with Crippen molar-refractivity contribution in [2.24, 2.45) is 11.8 Å². The zero-order valence-corrected chi connectivity index (χ0v) is 12.5. The van der Waals surface area contributed by atoms with E-state index in [-0.39, 0.29) is 14.9 Å². The van der Waals surface area contributed by atoms with E-state index in [1.807, 2.05) is 0 Å². The molecule has 3 nitrogen and oxygen atoms in total. The van der Waals surface area contributed by atoms with Gasteiger partial charge in [-0.3, -0.25) is 0 Å². The Morgan fingerprint density at radius 1 is 1.21 bits per heavy atom. The van der Waals surface area contributed by atoms with Gasteiger partial charge in [0.25, 0.3) is 0 Å². The molecule has 0 N–H and O–H groups in total. The van der Waals surface area contributed by atoms with Crippen LogP contribution in [0.1, 0.15) is 12.8 Å². The van der Waals surface area contributed by atoms with Crippen LogP contribution in [0.5, 0.6) is 0 Å². The van der Waals surface area contributed by atoms with E-state index in [1.54, 1.807) is 12.1 Å². The molecule has 6 heteroatoms. The first-order valence-electron chi connectivity index (χ1n) is 6.27. The Labute approximate surface area is 123 Å². The van der Waals surface area contributed by atoms with Crippen molar-refractivity contribution < 1.29 is 8.42 Å². The molecule has 0 aromatic heterocycles. The van der Waals surface area contributed by atoms with Crippen LogP contribution in [0.3, 0.4) is 0 Å². The van der Waals surface area contributed by atoms with Gasteiger partial charge in [0.15, 0.2) is 0 Å². The SMILES string of the molecule is O=S(=O)(c1cccc(Cl)c1Cl)N1C[C@H]2CC[CH][C@H]2C1. The normalized spacial score (nSPS) is 27.7. The van der Waals surface area contributed by atoms with Crippen LogP contribution in [0.25, 0.3) is 0 Å². The third kappa shape index (κ3) is 2.29. The number of benzene rings is 1. The molecule has 1 saturated carbocycles. The van der Waals surface area contributed by atoms with Gasteiger partial charge in [0.05, 0.1) is 10.0 Å². The quantitative estimate of drug-likeness (QED) is 0.839. The molecule has 1 radical (unpaired) electrons. The molecule has 1 aliphatic heterocycles. The first-order chi connectivity index (χ1) is 9.00. The summed E-state index contributed by atoms with van der Waals surface area (Å²) in [5.41, 5.74) is 0. The molecule has 0 bridgehead atoms. The van der Waals surface area contributed by atoms with E-state index in [0.29, 0.717) is 24.9 Å². The lowest BCUT2D eigenvalue weighted by Gasteiger charge is -2.18. The van der Waals surface area contributed by atoms with Crippen LogP contribution in [0.4, 0.5) is 0 Å². The highest BCUT2D eigenvalue weighted by Gasteiger charge is 2.42. The lowest BCUT2D eigenvalue weighted by molar-refractivity contribution is 0.450. The summed E-state index contributed by atoms with van der Waals surface area (Å²) in [4.78, 5) is 0.113. The Morgan fingerprint density at radius 3 is 2.74 bits per heavy atom. The third-order valence-corrected chi connectivity index (χ3v) is 6.80. The molecule has 0 unspecified atom stereocenters. The Hall–Kier alpha value is -0.290. The molecule has 2 atom stereocenters. The first kappa shape index (κ1) is 13.7. The van der Waals surface area contributed by atoms with E-state index < -0.39 is 10.0 Å². The van der Waals surface area contributed by atoms with Crippen molar-refractivity contribution in [2.45, 2.75) is 17.7 Å². The molecular formula is C13H14Cl2NO2S. The summed E-state index contributed by atoms with van der Waals surface area (Å²) in [5.74, 6) is 0.862. The van der Waals surface area contributed by atoms with Crippen LogP contribution in [0, 0.1) is 18.3 Å². The van der Waals surface area contributed by atoms with Crippen molar-refractivity contribution in [1.82, 2.24) is 4.31 Å². The van der Waals surface area contributed by atoms with E-state index in [0.717, 1.165) is 12.8 Å². The molecule has 1 aromatic rings. The standard InChI is InChI=1S/C13H14Cl2NO2S/c14-11-5-2-6-12(13(11)15)19(17,18)16-7-9-3-1-4-10(9)8-16/h2-3,5-6,9-10H,1,4,7-8H2/t9-,10+/m0/s1. The van der Waals surface area contributed by atoms with Gasteiger partial charge >= 0.3 is 0 Å². The second-order valence-electron chi connectivity index (χ2n) is 5.11. The summed E-state index contributed by atoms with van der Waals surface area (Å²) in [5, 5.41) is 0.388. The molecule has 2 aliphatic rings. The van der Waals surface area contributed by atoms with Crippen molar-refractivity contribution >= 4 is 33.2 Å². The maximum Gasteiger partial charge on any atom is 0.244 e. The molecule has 3 rings (SSSR count). The minimum absolute atomic E-state index is 0.113. The number of fused-ring (bicyclic) bond motifs is 1. The van der Waals surface area contributed by atoms with E-state index in [9.17, 15) is 8.42 Å². The predicted molar refractivity (Wildman–Crippen MR) is 75.7 cm³/mol. The topological polar surface area (TPSA) is 37.4 Å². The summed E-state index contributed by atoms with van der Waals surface area (Å²) in [6.07, 6.45) is 4.42. The minimum Gasteiger partial charge on any atom is -0.207 e. The Morgan fingerprint density at radius 2 is 2.00 bits per heavy atom. The fourth-order valence-electron chi connectivity index (χ4n) is 2.97.